The number of hydrogen-bond acceptors (Lipinski definition) is 3. The van der Waals surface area contributed by atoms with E-state index in [4.69, 9.17) is 10.8 Å². The maximum Gasteiger partial charge on any atom is 0.312 e. The lowest BCUT2D eigenvalue weighted by Gasteiger charge is -2.04. The third-order valence-electron chi connectivity index (χ3n) is 1.70. The van der Waals surface area contributed by atoms with Gasteiger partial charge in [0.15, 0.2) is 0 Å². The summed E-state index contributed by atoms with van der Waals surface area (Å²) in [6.07, 6.45) is 0.525. The Morgan fingerprint density at radius 3 is 2.92 bits per heavy atom. The smallest absolute Gasteiger partial charge is 0.312 e. The van der Waals surface area contributed by atoms with E-state index in [0.717, 1.165) is 0 Å². The van der Waals surface area contributed by atoms with Crippen molar-refractivity contribution in [2.45, 2.75) is 19.3 Å². The number of hydrogen-bond donors (Lipinski definition) is 3. The fourth-order valence-corrected chi connectivity index (χ4v) is 1.06. The second-order valence-corrected chi connectivity index (χ2v) is 2.55. The number of carboxylic acids is 1. The highest BCUT2D eigenvalue weighted by Crippen LogP contribution is 2.18. The molecule has 0 spiro atoms. The minimum Gasteiger partial charge on any atom is -0.481 e. The van der Waals surface area contributed by atoms with E-state index in [9.17, 15) is 4.79 Å². The summed E-state index contributed by atoms with van der Waals surface area (Å²) in [5, 5.41) is 15.0. The Morgan fingerprint density at radius 2 is 2.58 bits per heavy atom. The van der Waals surface area contributed by atoms with Crippen LogP contribution in [0.1, 0.15) is 25.0 Å². The molecular formula is C7H11N3O2. The van der Waals surface area contributed by atoms with Gasteiger partial charge in [-0.05, 0) is 6.42 Å². The summed E-state index contributed by atoms with van der Waals surface area (Å²) in [5.41, 5.74) is 5.89. The standard InChI is InChI=1S/C7H11N3O2/c1-2-4(7(11)12)5-3-6(8)10-9-5/h3-4H,2H2,1H3,(H,11,12)(H3,8,9,10). The van der Waals surface area contributed by atoms with E-state index >= 15 is 0 Å². The number of anilines is 1. The average molecular weight is 169 g/mol. The van der Waals surface area contributed by atoms with E-state index in [1.165, 1.54) is 0 Å². The summed E-state index contributed by atoms with van der Waals surface area (Å²) in [6, 6.07) is 1.54. The van der Waals surface area contributed by atoms with Crippen LogP contribution in [-0.4, -0.2) is 21.3 Å². The maximum atomic E-state index is 10.7. The molecule has 1 heterocycles. The Bertz CT molecular complexity index is 282. The lowest BCUT2D eigenvalue weighted by molar-refractivity contribution is -0.138. The minimum absolute atomic E-state index is 0.324. The molecule has 1 unspecified atom stereocenters. The number of nitrogen functional groups attached to an aromatic ring is 1. The molecule has 0 fully saturated rings. The first-order valence-electron chi connectivity index (χ1n) is 3.68. The van der Waals surface area contributed by atoms with Crippen LogP contribution in [0, 0.1) is 0 Å². The van der Waals surface area contributed by atoms with Gasteiger partial charge in [-0.15, -0.1) is 0 Å². The average Bonchev–Trinajstić information content (AvgIpc) is 2.37. The van der Waals surface area contributed by atoms with Gasteiger partial charge in [-0.1, -0.05) is 6.92 Å². The van der Waals surface area contributed by atoms with Crippen LogP contribution in [0.5, 0.6) is 0 Å². The summed E-state index contributed by atoms with van der Waals surface area (Å²) in [4.78, 5) is 10.7. The molecule has 4 N–H and O–H groups in total. The summed E-state index contributed by atoms with van der Waals surface area (Å²) in [6.45, 7) is 1.80. The number of aliphatic carboxylic acids is 1. The van der Waals surface area contributed by atoms with Crippen LogP contribution in [-0.2, 0) is 4.79 Å². The first-order chi connectivity index (χ1) is 5.65. The second-order valence-electron chi connectivity index (χ2n) is 2.55. The van der Waals surface area contributed by atoms with Gasteiger partial charge in [-0.3, -0.25) is 9.89 Å². The van der Waals surface area contributed by atoms with Gasteiger partial charge in [-0.2, -0.15) is 5.10 Å². The summed E-state index contributed by atoms with van der Waals surface area (Å²) in [5.74, 6) is -1.07. The van der Waals surface area contributed by atoms with Crippen LogP contribution in [0.15, 0.2) is 6.07 Å². The van der Waals surface area contributed by atoms with Gasteiger partial charge in [-0.25, -0.2) is 0 Å². The van der Waals surface area contributed by atoms with Crippen LogP contribution in [0.3, 0.4) is 0 Å². The molecule has 0 aromatic carbocycles. The highest BCUT2D eigenvalue weighted by atomic mass is 16.4. The molecule has 0 aliphatic rings. The number of rotatable bonds is 3. The topological polar surface area (TPSA) is 92.0 Å². The first kappa shape index (κ1) is 8.58. The van der Waals surface area contributed by atoms with Gasteiger partial charge in [0.05, 0.1) is 11.6 Å². The van der Waals surface area contributed by atoms with Crippen molar-refractivity contribution in [2.24, 2.45) is 0 Å². The maximum absolute atomic E-state index is 10.7. The quantitative estimate of drug-likeness (QED) is 0.616. The number of carboxylic acid groups (broad SMARTS) is 1. The Balaban J connectivity index is 2.87. The Hall–Kier alpha value is -1.52. The zero-order valence-electron chi connectivity index (χ0n) is 6.74. The lowest BCUT2D eigenvalue weighted by Crippen LogP contribution is -2.10. The number of aromatic nitrogens is 2. The highest BCUT2D eigenvalue weighted by Gasteiger charge is 2.19. The van der Waals surface area contributed by atoms with Gasteiger partial charge in [0.25, 0.3) is 0 Å². The van der Waals surface area contributed by atoms with Crippen molar-refractivity contribution in [3.05, 3.63) is 11.8 Å². The van der Waals surface area contributed by atoms with E-state index in [0.29, 0.717) is 17.9 Å². The third kappa shape index (κ3) is 1.55. The molecule has 5 nitrogen and oxygen atoms in total. The van der Waals surface area contributed by atoms with Crippen molar-refractivity contribution < 1.29 is 9.90 Å². The van der Waals surface area contributed by atoms with Gasteiger partial charge in [0.1, 0.15) is 5.82 Å². The molecule has 12 heavy (non-hydrogen) atoms. The Labute approximate surface area is 69.6 Å². The molecule has 0 amide bonds. The molecule has 0 saturated carbocycles. The number of nitrogens with two attached hydrogens (primary N) is 1. The number of H-pyrrole nitrogens is 1. The lowest BCUT2D eigenvalue weighted by atomic mass is 10.0. The SMILES string of the molecule is CCC(C(=O)O)c1cc(N)n[nH]1. The molecule has 0 bridgehead atoms. The van der Waals surface area contributed by atoms with E-state index in [2.05, 4.69) is 10.2 Å². The van der Waals surface area contributed by atoms with Crippen LogP contribution in [0.4, 0.5) is 5.82 Å². The number of nitrogens with one attached hydrogen (secondary N) is 1. The molecule has 66 valence electrons. The van der Waals surface area contributed by atoms with E-state index in [1.807, 2.05) is 0 Å². The molecule has 1 rings (SSSR count). The minimum atomic E-state index is -0.860. The van der Waals surface area contributed by atoms with Crippen LogP contribution < -0.4 is 5.73 Å². The van der Waals surface area contributed by atoms with Crippen molar-refractivity contribution in [1.29, 1.82) is 0 Å². The fraction of sp³-hybridized carbons (Fsp3) is 0.429. The van der Waals surface area contributed by atoms with E-state index in [-0.39, 0.29) is 0 Å². The van der Waals surface area contributed by atoms with Gasteiger partial charge in [0, 0.05) is 6.07 Å². The molecule has 0 saturated heterocycles. The van der Waals surface area contributed by atoms with Crippen LogP contribution >= 0.6 is 0 Å². The molecule has 5 heteroatoms. The zero-order chi connectivity index (χ0) is 9.14. The normalized spacial score (nSPS) is 12.8. The molecule has 1 aromatic heterocycles. The predicted octanol–water partition coefficient (Wildman–Crippen LogP) is 0.570. The van der Waals surface area contributed by atoms with E-state index in [1.54, 1.807) is 13.0 Å². The predicted molar refractivity (Wildman–Crippen MR) is 43.7 cm³/mol. The van der Waals surface area contributed by atoms with Crippen molar-refractivity contribution in [3.8, 4) is 0 Å². The Morgan fingerprint density at radius 1 is 1.92 bits per heavy atom. The number of carbonyl (C=O) groups is 1. The summed E-state index contributed by atoms with van der Waals surface area (Å²) in [7, 11) is 0. The van der Waals surface area contributed by atoms with Crippen molar-refractivity contribution in [1.82, 2.24) is 10.2 Å². The fourth-order valence-electron chi connectivity index (χ4n) is 1.06. The van der Waals surface area contributed by atoms with Crippen molar-refractivity contribution in [3.63, 3.8) is 0 Å². The number of aromatic amines is 1. The van der Waals surface area contributed by atoms with Crippen molar-refractivity contribution >= 4 is 11.8 Å². The van der Waals surface area contributed by atoms with Crippen LogP contribution in [0.2, 0.25) is 0 Å². The van der Waals surface area contributed by atoms with Gasteiger partial charge in [0.2, 0.25) is 0 Å². The second kappa shape index (κ2) is 3.25. The van der Waals surface area contributed by atoms with Crippen LogP contribution in [0.25, 0.3) is 0 Å². The first-order valence-corrected chi connectivity index (χ1v) is 3.68. The van der Waals surface area contributed by atoms with Crippen molar-refractivity contribution in [2.75, 3.05) is 5.73 Å². The summed E-state index contributed by atoms with van der Waals surface area (Å²) < 4.78 is 0. The summed E-state index contributed by atoms with van der Waals surface area (Å²) >= 11 is 0. The molecule has 1 atom stereocenters. The van der Waals surface area contributed by atoms with Gasteiger partial charge < -0.3 is 10.8 Å². The monoisotopic (exact) mass is 169 g/mol. The third-order valence-corrected chi connectivity index (χ3v) is 1.70. The van der Waals surface area contributed by atoms with E-state index < -0.39 is 11.9 Å². The molecular weight excluding hydrogens is 158 g/mol. The largest absolute Gasteiger partial charge is 0.481 e. The molecule has 0 aliphatic carbocycles. The van der Waals surface area contributed by atoms with Gasteiger partial charge >= 0.3 is 5.97 Å². The molecule has 0 aliphatic heterocycles. The number of nitrogens with zero attached hydrogens (tertiary/aromatic N) is 1. The zero-order valence-corrected chi connectivity index (χ0v) is 6.74. The molecule has 1 aromatic rings. The highest BCUT2D eigenvalue weighted by molar-refractivity contribution is 5.75. The molecule has 0 radical (unpaired) electrons. The Kier molecular flexibility index (Phi) is 2.32.